The molecule has 1 aromatic rings. The van der Waals surface area contributed by atoms with Crippen molar-refractivity contribution in [3.63, 3.8) is 0 Å². The number of methoxy groups -OCH3 is 1. The van der Waals surface area contributed by atoms with E-state index in [2.05, 4.69) is 34.2 Å². The van der Waals surface area contributed by atoms with Crippen molar-refractivity contribution < 1.29 is 14.6 Å². The number of fused-ring (bicyclic) bond motifs is 3. The molecule has 0 amide bonds. The lowest BCUT2D eigenvalue weighted by molar-refractivity contribution is 0.117. The Morgan fingerprint density at radius 2 is 2.13 bits per heavy atom. The maximum Gasteiger partial charge on any atom is 0.165 e. The molecule has 2 aliphatic rings. The average molecular weight is 384 g/mol. The van der Waals surface area contributed by atoms with E-state index in [1.54, 1.807) is 7.11 Å². The van der Waals surface area contributed by atoms with E-state index in [1.807, 2.05) is 26.0 Å². The molecule has 0 spiro atoms. The normalized spacial score (nSPS) is 24.2. The molecule has 0 fully saturated rings. The minimum atomic E-state index is -0.424. The van der Waals surface area contributed by atoms with Crippen molar-refractivity contribution in [2.45, 2.75) is 51.9 Å². The van der Waals surface area contributed by atoms with E-state index in [-0.39, 0.29) is 12.0 Å². The van der Waals surface area contributed by atoms with E-state index in [4.69, 9.17) is 9.47 Å². The van der Waals surface area contributed by atoms with Gasteiger partial charge in [0.2, 0.25) is 0 Å². The lowest BCUT2D eigenvalue weighted by atomic mass is 9.85. The molecule has 2 N–H and O–H groups in total. The number of hydrogen-bond donors (Lipinski definition) is 2. The summed E-state index contributed by atoms with van der Waals surface area (Å²) in [6.07, 6.45) is 4.11. The highest BCUT2D eigenvalue weighted by molar-refractivity contribution is 9.10. The SMILES string of the molecule is CC.CCNCc1c(Br)cc(OC)c2c1C1C=C[C@@H](O)C[C@@H]1O2. The highest BCUT2D eigenvalue weighted by Crippen LogP contribution is 2.51. The molecule has 0 saturated heterocycles. The minimum absolute atomic E-state index is 0.0106. The Balaban J connectivity index is 0.000000924. The van der Waals surface area contributed by atoms with Gasteiger partial charge in [-0.1, -0.05) is 48.9 Å². The molecule has 1 aliphatic carbocycles. The maximum atomic E-state index is 9.81. The fraction of sp³-hybridized carbons (Fsp3) is 0.556. The molecule has 4 nitrogen and oxygen atoms in total. The van der Waals surface area contributed by atoms with Crippen LogP contribution in [0.2, 0.25) is 0 Å². The molecule has 1 heterocycles. The van der Waals surface area contributed by atoms with Crippen LogP contribution in [0.25, 0.3) is 0 Å². The van der Waals surface area contributed by atoms with Crippen LogP contribution in [0.4, 0.5) is 0 Å². The molecule has 3 rings (SSSR count). The molecule has 0 bridgehead atoms. The van der Waals surface area contributed by atoms with Crippen molar-refractivity contribution in [3.8, 4) is 11.5 Å². The number of aliphatic hydroxyl groups is 1. The number of ether oxygens (including phenoxy) is 2. The summed E-state index contributed by atoms with van der Waals surface area (Å²) in [5.74, 6) is 1.75. The van der Waals surface area contributed by atoms with Crippen LogP contribution in [0.3, 0.4) is 0 Å². The minimum Gasteiger partial charge on any atom is -0.493 e. The van der Waals surface area contributed by atoms with Gasteiger partial charge in [0.05, 0.1) is 13.2 Å². The fourth-order valence-electron chi connectivity index (χ4n) is 3.11. The fourth-order valence-corrected chi connectivity index (χ4v) is 3.67. The molecular weight excluding hydrogens is 358 g/mol. The Kier molecular flexibility index (Phi) is 6.50. The summed E-state index contributed by atoms with van der Waals surface area (Å²) >= 11 is 3.65. The number of nitrogens with one attached hydrogen (secondary N) is 1. The van der Waals surface area contributed by atoms with Crippen molar-refractivity contribution in [3.05, 3.63) is 33.8 Å². The number of rotatable bonds is 4. The van der Waals surface area contributed by atoms with E-state index in [0.29, 0.717) is 6.42 Å². The van der Waals surface area contributed by atoms with Crippen molar-refractivity contribution in [2.75, 3.05) is 13.7 Å². The number of aliphatic hydroxyl groups excluding tert-OH is 1. The van der Waals surface area contributed by atoms with Crippen LogP contribution in [0.5, 0.6) is 11.5 Å². The topological polar surface area (TPSA) is 50.7 Å². The molecule has 128 valence electrons. The average Bonchev–Trinajstić information content (AvgIpc) is 2.93. The van der Waals surface area contributed by atoms with Crippen molar-refractivity contribution >= 4 is 15.9 Å². The van der Waals surface area contributed by atoms with E-state index >= 15 is 0 Å². The lowest BCUT2D eigenvalue weighted by Crippen LogP contribution is -2.27. The third kappa shape index (κ3) is 3.57. The standard InChI is InChI=1S/C16H20BrNO3.C2H6/c1-3-18-8-11-12(17)7-14(20-2)16-15(11)10-5-4-9(19)6-13(10)21-16;1-2/h4-5,7,9-10,13,18-19H,3,6,8H2,1-2H3;1-2H3/t9-,10?,13+;/m1./s1. The van der Waals surface area contributed by atoms with Crippen LogP contribution < -0.4 is 14.8 Å². The Morgan fingerprint density at radius 3 is 2.78 bits per heavy atom. The van der Waals surface area contributed by atoms with Gasteiger partial charge in [0, 0.05) is 28.9 Å². The van der Waals surface area contributed by atoms with Gasteiger partial charge in [-0.25, -0.2) is 0 Å². The second kappa shape index (κ2) is 8.18. The van der Waals surface area contributed by atoms with Crippen molar-refractivity contribution in [1.82, 2.24) is 5.32 Å². The third-order valence-electron chi connectivity index (χ3n) is 4.13. The van der Waals surface area contributed by atoms with Crippen LogP contribution in [-0.2, 0) is 6.54 Å². The highest BCUT2D eigenvalue weighted by atomic mass is 79.9. The van der Waals surface area contributed by atoms with Gasteiger partial charge in [-0.2, -0.15) is 0 Å². The largest absolute Gasteiger partial charge is 0.493 e. The second-order valence-corrected chi connectivity index (χ2v) is 6.29. The quantitative estimate of drug-likeness (QED) is 0.777. The Bertz CT molecular complexity index is 574. The van der Waals surface area contributed by atoms with Crippen LogP contribution in [0, 0.1) is 0 Å². The molecule has 5 heteroatoms. The van der Waals surface area contributed by atoms with Crippen LogP contribution >= 0.6 is 15.9 Å². The Morgan fingerprint density at radius 1 is 1.39 bits per heavy atom. The Hall–Kier alpha value is -1.04. The van der Waals surface area contributed by atoms with E-state index in [9.17, 15) is 5.11 Å². The molecule has 3 atom stereocenters. The molecule has 0 aromatic heterocycles. The molecule has 1 aromatic carbocycles. The maximum absolute atomic E-state index is 9.81. The van der Waals surface area contributed by atoms with E-state index in [0.717, 1.165) is 29.1 Å². The first-order valence-corrected chi connectivity index (χ1v) is 9.08. The van der Waals surface area contributed by atoms with Gasteiger partial charge in [-0.05, 0) is 18.2 Å². The zero-order valence-corrected chi connectivity index (χ0v) is 15.8. The third-order valence-corrected chi connectivity index (χ3v) is 4.84. The summed E-state index contributed by atoms with van der Waals surface area (Å²) in [7, 11) is 1.65. The van der Waals surface area contributed by atoms with Gasteiger partial charge in [0.25, 0.3) is 0 Å². The first-order chi connectivity index (χ1) is 11.2. The van der Waals surface area contributed by atoms with Crippen LogP contribution in [-0.4, -0.2) is 31.0 Å². The first-order valence-electron chi connectivity index (χ1n) is 8.28. The molecule has 0 saturated carbocycles. The molecular formula is C18H26BrNO3. The van der Waals surface area contributed by atoms with Gasteiger partial charge in [0.15, 0.2) is 11.5 Å². The molecule has 1 unspecified atom stereocenters. The summed E-state index contributed by atoms with van der Waals surface area (Å²) in [4.78, 5) is 0. The summed E-state index contributed by atoms with van der Waals surface area (Å²) in [5, 5.41) is 13.2. The second-order valence-electron chi connectivity index (χ2n) is 5.43. The van der Waals surface area contributed by atoms with Gasteiger partial charge in [-0.15, -0.1) is 0 Å². The summed E-state index contributed by atoms with van der Waals surface area (Å²) < 4.78 is 12.6. The molecule has 23 heavy (non-hydrogen) atoms. The van der Waals surface area contributed by atoms with Gasteiger partial charge >= 0.3 is 0 Å². The Labute approximate surface area is 147 Å². The predicted molar refractivity (Wildman–Crippen MR) is 96.3 cm³/mol. The molecule has 1 aliphatic heterocycles. The summed E-state index contributed by atoms with van der Waals surface area (Å²) in [6, 6.07) is 1.96. The zero-order valence-electron chi connectivity index (χ0n) is 14.2. The first kappa shape index (κ1) is 18.3. The smallest absolute Gasteiger partial charge is 0.165 e. The summed E-state index contributed by atoms with van der Waals surface area (Å²) in [6.45, 7) is 7.79. The highest BCUT2D eigenvalue weighted by Gasteiger charge is 2.40. The van der Waals surface area contributed by atoms with Crippen molar-refractivity contribution in [1.29, 1.82) is 0 Å². The van der Waals surface area contributed by atoms with Gasteiger partial charge < -0.3 is 19.9 Å². The zero-order chi connectivity index (χ0) is 17.0. The number of halogens is 1. The van der Waals surface area contributed by atoms with Crippen LogP contribution in [0.1, 0.15) is 44.2 Å². The number of benzene rings is 1. The van der Waals surface area contributed by atoms with Gasteiger partial charge in [-0.3, -0.25) is 0 Å². The van der Waals surface area contributed by atoms with E-state index in [1.165, 1.54) is 11.1 Å². The number of hydrogen-bond acceptors (Lipinski definition) is 4. The van der Waals surface area contributed by atoms with Gasteiger partial charge in [0.1, 0.15) is 6.10 Å². The van der Waals surface area contributed by atoms with Crippen LogP contribution in [0.15, 0.2) is 22.7 Å². The lowest BCUT2D eigenvalue weighted by Gasteiger charge is -2.23. The molecule has 0 radical (unpaired) electrons. The predicted octanol–water partition coefficient (Wildman–Crippen LogP) is 3.76. The summed E-state index contributed by atoms with van der Waals surface area (Å²) in [5.41, 5.74) is 2.39. The van der Waals surface area contributed by atoms with Crippen molar-refractivity contribution in [2.24, 2.45) is 0 Å². The van der Waals surface area contributed by atoms with E-state index < -0.39 is 6.10 Å². The monoisotopic (exact) mass is 383 g/mol.